The summed E-state index contributed by atoms with van der Waals surface area (Å²) in [5.74, 6) is 0.277. The maximum absolute atomic E-state index is 11.7. The third-order valence-electron chi connectivity index (χ3n) is 2.16. The van der Waals surface area contributed by atoms with Crippen LogP contribution in [0.25, 0.3) is 0 Å². The van der Waals surface area contributed by atoms with Gasteiger partial charge in [-0.2, -0.15) is 0 Å². The lowest BCUT2D eigenvalue weighted by molar-refractivity contribution is 0.0967. The Bertz CT molecular complexity index is 355. The first-order valence-corrected chi connectivity index (χ1v) is 5.21. The summed E-state index contributed by atoms with van der Waals surface area (Å²) in [4.78, 5) is 12.8. The van der Waals surface area contributed by atoms with E-state index in [-0.39, 0.29) is 10.5 Å². The molecule has 13 heavy (non-hydrogen) atoms. The van der Waals surface area contributed by atoms with Gasteiger partial charge in [-0.3, -0.25) is 4.79 Å². The fourth-order valence-corrected chi connectivity index (χ4v) is 2.84. The van der Waals surface area contributed by atoms with E-state index in [0.29, 0.717) is 6.42 Å². The van der Waals surface area contributed by atoms with E-state index in [4.69, 9.17) is 0 Å². The monoisotopic (exact) mass is 192 g/mol. The Kier molecular flexibility index (Phi) is 1.95. The average molecular weight is 192 g/mol. The summed E-state index contributed by atoms with van der Waals surface area (Å²) in [5.41, 5.74) is 0.895. The first-order valence-electron chi connectivity index (χ1n) is 4.40. The second-order valence-electron chi connectivity index (χ2n) is 3.96. The normalized spacial score (nSPS) is 19.7. The van der Waals surface area contributed by atoms with Crippen LogP contribution in [0.3, 0.4) is 0 Å². The molecule has 0 bridgehead atoms. The lowest BCUT2D eigenvalue weighted by Gasteiger charge is -2.29. The van der Waals surface area contributed by atoms with Crippen molar-refractivity contribution in [1.29, 1.82) is 0 Å². The van der Waals surface area contributed by atoms with E-state index in [1.807, 2.05) is 24.3 Å². The van der Waals surface area contributed by atoms with Crippen LogP contribution in [-0.2, 0) is 0 Å². The van der Waals surface area contributed by atoms with Crippen molar-refractivity contribution >= 4 is 17.5 Å². The van der Waals surface area contributed by atoms with Crippen molar-refractivity contribution in [2.45, 2.75) is 29.9 Å². The standard InChI is InChI=1S/C11H12OS/c1-11(2)7-9(12)8-5-3-4-6-10(8)13-11/h3-6H,7H2,1-2H3. The number of benzene rings is 1. The van der Waals surface area contributed by atoms with Gasteiger partial charge in [-0.05, 0) is 19.9 Å². The molecule has 0 radical (unpaired) electrons. The van der Waals surface area contributed by atoms with Gasteiger partial charge < -0.3 is 0 Å². The molecule has 1 nitrogen and oxygen atoms in total. The van der Waals surface area contributed by atoms with Gasteiger partial charge >= 0.3 is 0 Å². The zero-order chi connectivity index (χ0) is 9.47. The number of fused-ring (bicyclic) bond motifs is 1. The van der Waals surface area contributed by atoms with Crippen molar-refractivity contribution in [3.8, 4) is 0 Å². The molecular weight excluding hydrogens is 180 g/mol. The Morgan fingerprint density at radius 2 is 2.00 bits per heavy atom. The van der Waals surface area contributed by atoms with Gasteiger partial charge in [0, 0.05) is 21.6 Å². The summed E-state index contributed by atoms with van der Waals surface area (Å²) in [7, 11) is 0. The summed E-state index contributed by atoms with van der Waals surface area (Å²) < 4.78 is 0.0609. The number of hydrogen-bond donors (Lipinski definition) is 0. The molecular formula is C11H12OS. The molecule has 0 aromatic heterocycles. The predicted octanol–water partition coefficient (Wildman–Crippen LogP) is 3.14. The van der Waals surface area contributed by atoms with E-state index in [0.717, 1.165) is 10.5 Å². The minimum atomic E-state index is 0.0609. The van der Waals surface area contributed by atoms with Crippen molar-refractivity contribution in [3.63, 3.8) is 0 Å². The molecule has 1 aliphatic rings. The van der Waals surface area contributed by atoms with Crippen LogP contribution < -0.4 is 0 Å². The van der Waals surface area contributed by atoms with Crippen LogP contribution in [0.1, 0.15) is 30.6 Å². The van der Waals surface area contributed by atoms with Crippen LogP contribution in [0.5, 0.6) is 0 Å². The van der Waals surface area contributed by atoms with Crippen LogP contribution in [0.4, 0.5) is 0 Å². The maximum Gasteiger partial charge on any atom is 0.165 e. The Morgan fingerprint density at radius 1 is 1.31 bits per heavy atom. The summed E-state index contributed by atoms with van der Waals surface area (Å²) in [6, 6.07) is 7.86. The largest absolute Gasteiger partial charge is 0.294 e. The van der Waals surface area contributed by atoms with Crippen LogP contribution in [0, 0.1) is 0 Å². The second kappa shape index (κ2) is 2.88. The van der Waals surface area contributed by atoms with Gasteiger partial charge in [-0.25, -0.2) is 0 Å². The Labute approximate surface area is 82.5 Å². The topological polar surface area (TPSA) is 17.1 Å². The molecule has 2 heteroatoms. The lowest BCUT2D eigenvalue weighted by Crippen LogP contribution is -2.25. The minimum absolute atomic E-state index is 0.0609. The Hall–Kier alpha value is -0.760. The maximum atomic E-state index is 11.7. The van der Waals surface area contributed by atoms with Crippen LogP contribution >= 0.6 is 11.8 Å². The van der Waals surface area contributed by atoms with Crippen molar-refractivity contribution < 1.29 is 4.79 Å². The predicted molar refractivity (Wildman–Crippen MR) is 55.3 cm³/mol. The van der Waals surface area contributed by atoms with Gasteiger partial charge in [0.15, 0.2) is 5.78 Å². The zero-order valence-corrected chi connectivity index (χ0v) is 8.65. The molecule has 0 saturated carbocycles. The highest BCUT2D eigenvalue weighted by atomic mass is 32.2. The zero-order valence-electron chi connectivity index (χ0n) is 7.83. The highest BCUT2D eigenvalue weighted by Gasteiger charge is 2.30. The van der Waals surface area contributed by atoms with E-state index in [2.05, 4.69) is 13.8 Å². The molecule has 68 valence electrons. The fraction of sp³-hybridized carbons (Fsp3) is 0.364. The average Bonchev–Trinajstić information content (AvgIpc) is 2.02. The van der Waals surface area contributed by atoms with Crippen LogP contribution in [0.15, 0.2) is 29.2 Å². The number of carbonyl (C=O) groups is 1. The third-order valence-corrected chi connectivity index (χ3v) is 3.43. The van der Waals surface area contributed by atoms with Gasteiger partial charge in [0.2, 0.25) is 0 Å². The number of hydrogen-bond acceptors (Lipinski definition) is 2. The first kappa shape index (κ1) is 8.82. The SMILES string of the molecule is CC1(C)CC(=O)c2ccccc2S1. The molecule has 0 spiro atoms. The lowest BCUT2D eigenvalue weighted by atomic mass is 9.99. The minimum Gasteiger partial charge on any atom is -0.294 e. The first-order chi connectivity index (χ1) is 6.08. The molecule has 1 aliphatic heterocycles. The number of carbonyl (C=O) groups excluding carboxylic acids is 1. The van der Waals surface area contributed by atoms with E-state index in [9.17, 15) is 4.79 Å². The van der Waals surface area contributed by atoms with Crippen LogP contribution in [0.2, 0.25) is 0 Å². The van der Waals surface area contributed by atoms with Gasteiger partial charge in [0.25, 0.3) is 0 Å². The number of Topliss-reactive ketones (excluding diaryl/α,β-unsaturated/α-hetero) is 1. The van der Waals surface area contributed by atoms with E-state index in [1.165, 1.54) is 0 Å². The second-order valence-corrected chi connectivity index (χ2v) is 5.71. The van der Waals surface area contributed by atoms with Gasteiger partial charge in [0.05, 0.1) is 0 Å². The number of rotatable bonds is 0. The summed E-state index contributed by atoms with van der Waals surface area (Å²) in [6.07, 6.45) is 0.648. The fourth-order valence-electron chi connectivity index (χ4n) is 1.60. The van der Waals surface area contributed by atoms with E-state index in [1.54, 1.807) is 11.8 Å². The molecule has 1 aromatic carbocycles. The number of ketones is 1. The number of thioether (sulfide) groups is 1. The highest BCUT2D eigenvalue weighted by molar-refractivity contribution is 8.00. The molecule has 2 rings (SSSR count). The van der Waals surface area contributed by atoms with Crippen molar-refractivity contribution in [1.82, 2.24) is 0 Å². The molecule has 0 unspecified atom stereocenters. The highest BCUT2D eigenvalue weighted by Crippen LogP contribution is 2.42. The van der Waals surface area contributed by atoms with Gasteiger partial charge in [-0.1, -0.05) is 18.2 Å². The Morgan fingerprint density at radius 3 is 2.77 bits per heavy atom. The summed E-state index contributed by atoms with van der Waals surface area (Å²) in [5, 5.41) is 0. The van der Waals surface area contributed by atoms with Gasteiger partial charge in [0.1, 0.15) is 0 Å². The summed E-state index contributed by atoms with van der Waals surface area (Å²) >= 11 is 1.80. The molecule has 1 aromatic rings. The molecule has 0 aliphatic carbocycles. The van der Waals surface area contributed by atoms with Crippen molar-refractivity contribution in [2.75, 3.05) is 0 Å². The molecule has 0 N–H and O–H groups in total. The van der Waals surface area contributed by atoms with Crippen LogP contribution in [-0.4, -0.2) is 10.5 Å². The van der Waals surface area contributed by atoms with E-state index >= 15 is 0 Å². The quantitative estimate of drug-likeness (QED) is 0.628. The summed E-state index contributed by atoms with van der Waals surface area (Å²) in [6.45, 7) is 4.23. The van der Waals surface area contributed by atoms with Gasteiger partial charge in [-0.15, -0.1) is 11.8 Å². The molecule has 0 atom stereocenters. The van der Waals surface area contributed by atoms with Crippen molar-refractivity contribution in [3.05, 3.63) is 29.8 Å². The molecule has 0 saturated heterocycles. The van der Waals surface area contributed by atoms with E-state index < -0.39 is 0 Å². The smallest absolute Gasteiger partial charge is 0.165 e. The molecule has 1 heterocycles. The van der Waals surface area contributed by atoms with Crippen molar-refractivity contribution in [2.24, 2.45) is 0 Å². The Balaban J connectivity index is 2.49. The molecule has 0 amide bonds. The molecule has 0 fully saturated rings. The third kappa shape index (κ3) is 1.63.